The SMILES string of the molecule is CC(NCCn1ccnn1)C(=O)NCC(F)(F)F. The zero-order chi connectivity index (χ0) is 13.6. The molecule has 0 aromatic carbocycles. The maximum absolute atomic E-state index is 11.9. The molecule has 0 bridgehead atoms. The topological polar surface area (TPSA) is 71.8 Å². The Bertz CT molecular complexity index is 365. The van der Waals surface area contributed by atoms with Crippen LogP contribution in [0.4, 0.5) is 13.2 Å². The van der Waals surface area contributed by atoms with Gasteiger partial charge in [-0.3, -0.25) is 9.48 Å². The standard InChI is InChI=1S/C9H14F3N5O/c1-7(8(18)14-6-9(10,11)12)13-2-4-17-5-3-15-16-17/h3,5,7,13H,2,4,6H2,1H3,(H,14,18). The van der Waals surface area contributed by atoms with Crippen molar-refractivity contribution in [3.05, 3.63) is 12.4 Å². The predicted octanol–water partition coefficient (Wildman–Crippen LogP) is -0.0653. The van der Waals surface area contributed by atoms with Gasteiger partial charge >= 0.3 is 6.18 Å². The van der Waals surface area contributed by atoms with Crippen LogP contribution in [0.2, 0.25) is 0 Å². The summed E-state index contributed by atoms with van der Waals surface area (Å²) in [5, 5.41) is 11.9. The van der Waals surface area contributed by atoms with E-state index >= 15 is 0 Å². The fourth-order valence-electron chi connectivity index (χ4n) is 1.18. The first-order valence-electron chi connectivity index (χ1n) is 5.30. The number of nitrogens with one attached hydrogen (secondary N) is 2. The first-order valence-corrected chi connectivity index (χ1v) is 5.30. The molecular formula is C9H14F3N5O. The second kappa shape index (κ2) is 6.34. The number of amides is 1. The van der Waals surface area contributed by atoms with Crippen molar-refractivity contribution < 1.29 is 18.0 Å². The number of nitrogens with zero attached hydrogens (tertiary/aromatic N) is 3. The zero-order valence-electron chi connectivity index (χ0n) is 9.74. The van der Waals surface area contributed by atoms with Crippen molar-refractivity contribution in [2.45, 2.75) is 25.7 Å². The lowest BCUT2D eigenvalue weighted by atomic mass is 10.3. The fourth-order valence-corrected chi connectivity index (χ4v) is 1.18. The molecule has 0 aliphatic rings. The summed E-state index contributed by atoms with van der Waals surface area (Å²) < 4.78 is 37.1. The second-order valence-electron chi connectivity index (χ2n) is 3.67. The first kappa shape index (κ1) is 14.4. The Labute approximate surface area is 102 Å². The average molecular weight is 265 g/mol. The molecule has 0 spiro atoms. The Morgan fingerprint density at radius 2 is 2.22 bits per heavy atom. The normalized spacial score (nSPS) is 13.3. The van der Waals surface area contributed by atoms with Crippen molar-refractivity contribution in [3.63, 3.8) is 0 Å². The van der Waals surface area contributed by atoms with Gasteiger partial charge in [-0.25, -0.2) is 0 Å². The van der Waals surface area contributed by atoms with Gasteiger partial charge in [0.25, 0.3) is 0 Å². The van der Waals surface area contributed by atoms with E-state index in [9.17, 15) is 18.0 Å². The monoisotopic (exact) mass is 265 g/mol. The average Bonchev–Trinajstić information content (AvgIpc) is 2.77. The lowest BCUT2D eigenvalue weighted by molar-refractivity contribution is -0.139. The molecule has 9 heteroatoms. The second-order valence-corrected chi connectivity index (χ2v) is 3.67. The van der Waals surface area contributed by atoms with Gasteiger partial charge in [-0.1, -0.05) is 5.21 Å². The molecule has 1 heterocycles. The van der Waals surface area contributed by atoms with E-state index in [4.69, 9.17) is 0 Å². The molecule has 1 amide bonds. The highest BCUT2D eigenvalue weighted by Gasteiger charge is 2.28. The summed E-state index contributed by atoms with van der Waals surface area (Å²) in [7, 11) is 0. The third-order valence-electron chi connectivity index (χ3n) is 2.12. The van der Waals surface area contributed by atoms with Gasteiger partial charge in [-0.15, -0.1) is 5.10 Å². The van der Waals surface area contributed by atoms with Gasteiger partial charge in [0.1, 0.15) is 6.54 Å². The molecule has 0 aliphatic carbocycles. The molecule has 2 N–H and O–H groups in total. The van der Waals surface area contributed by atoms with Crippen molar-refractivity contribution in [2.24, 2.45) is 0 Å². The summed E-state index contributed by atoms with van der Waals surface area (Å²) in [6, 6.07) is -0.698. The Morgan fingerprint density at radius 3 is 2.78 bits per heavy atom. The number of rotatable bonds is 6. The summed E-state index contributed by atoms with van der Waals surface area (Å²) in [6.07, 6.45) is -1.23. The molecule has 1 aromatic rings. The number of carbonyl (C=O) groups excluding carboxylic acids is 1. The van der Waals surface area contributed by atoms with E-state index in [1.54, 1.807) is 16.2 Å². The van der Waals surface area contributed by atoms with Crippen LogP contribution in [0.25, 0.3) is 0 Å². The molecule has 1 rings (SSSR count). The maximum Gasteiger partial charge on any atom is 0.405 e. The van der Waals surface area contributed by atoms with E-state index in [2.05, 4.69) is 15.6 Å². The highest BCUT2D eigenvalue weighted by atomic mass is 19.4. The van der Waals surface area contributed by atoms with Crippen molar-refractivity contribution in [1.29, 1.82) is 0 Å². The van der Waals surface area contributed by atoms with Crippen LogP contribution in [0, 0.1) is 0 Å². The van der Waals surface area contributed by atoms with Crippen LogP contribution in [0.15, 0.2) is 12.4 Å². The molecule has 6 nitrogen and oxygen atoms in total. The van der Waals surface area contributed by atoms with Crippen LogP contribution in [-0.2, 0) is 11.3 Å². The lowest BCUT2D eigenvalue weighted by Crippen LogP contribution is -2.45. The van der Waals surface area contributed by atoms with Gasteiger partial charge in [0.15, 0.2) is 0 Å². The number of carbonyl (C=O) groups is 1. The zero-order valence-corrected chi connectivity index (χ0v) is 9.74. The molecule has 102 valence electrons. The van der Waals surface area contributed by atoms with E-state index in [0.717, 1.165) is 0 Å². The van der Waals surface area contributed by atoms with E-state index in [1.165, 1.54) is 13.1 Å². The summed E-state index contributed by atoms with van der Waals surface area (Å²) in [4.78, 5) is 11.3. The van der Waals surface area contributed by atoms with Crippen LogP contribution < -0.4 is 10.6 Å². The smallest absolute Gasteiger partial charge is 0.346 e. The number of hydrogen-bond acceptors (Lipinski definition) is 4. The van der Waals surface area contributed by atoms with Gasteiger partial charge in [0, 0.05) is 12.7 Å². The minimum absolute atomic E-state index is 0.407. The number of hydrogen-bond donors (Lipinski definition) is 2. The summed E-state index contributed by atoms with van der Waals surface area (Å²) >= 11 is 0. The summed E-state index contributed by atoms with van der Waals surface area (Å²) in [6.45, 7) is 1.06. The molecule has 0 fully saturated rings. The highest BCUT2D eigenvalue weighted by molar-refractivity contribution is 5.81. The Hall–Kier alpha value is -1.64. The highest BCUT2D eigenvalue weighted by Crippen LogP contribution is 2.12. The third-order valence-corrected chi connectivity index (χ3v) is 2.12. The van der Waals surface area contributed by atoms with Crippen LogP contribution in [-0.4, -0.2) is 46.2 Å². The van der Waals surface area contributed by atoms with Crippen LogP contribution in [0.5, 0.6) is 0 Å². The van der Waals surface area contributed by atoms with Gasteiger partial charge in [0.05, 0.1) is 18.8 Å². The number of aromatic nitrogens is 3. The largest absolute Gasteiger partial charge is 0.405 e. The van der Waals surface area contributed by atoms with Crippen molar-refractivity contribution >= 4 is 5.91 Å². The van der Waals surface area contributed by atoms with Gasteiger partial charge in [-0.2, -0.15) is 13.2 Å². The molecule has 1 atom stereocenters. The fraction of sp³-hybridized carbons (Fsp3) is 0.667. The van der Waals surface area contributed by atoms with Crippen molar-refractivity contribution in [1.82, 2.24) is 25.6 Å². The molecule has 0 saturated heterocycles. The maximum atomic E-state index is 11.9. The van der Waals surface area contributed by atoms with Crippen LogP contribution in [0.1, 0.15) is 6.92 Å². The Morgan fingerprint density at radius 1 is 1.50 bits per heavy atom. The molecule has 0 aliphatic heterocycles. The lowest BCUT2D eigenvalue weighted by Gasteiger charge is -2.14. The van der Waals surface area contributed by atoms with Crippen molar-refractivity contribution in [2.75, 3.05) is 13.1 Å². The van der Waals surface area contributed by atoms with E-state index in [1.807, 2.05) is 0 Å². The quantitative estimate of drug-likeness (QED) is 0.755. The molecule has 0 saturated carbocycles. The van der Waals surface area contributed by atoms with Gasteiger partial charge in [-0.05, 0) is 6.92 Å². The molecule has 0 radical (unpaired) electrons. The summed E-state index contributed by atoms with van der Waals surface area (Å²) in [5.41, 5.74) is 0. The van der Waals surface area contributed by atoms with Crippen molar-refractivity contribution in [3.8, 4) is 0 Å². The number of alkyl halides is 3. The Kier molecular flexibility index (Phi) is 5.08. The van der Waals surface area contributed by atoms with Crippen LogP contribution >= 0.6 is 0 Å². The number of halogens is 3. The van der Waals surface area contributed by atoms with E-state index in [0.29, 0.717) is 13.1 Å². The first-order chi connectivity index (χ1) is 8.38. The van der Waals surface area contributed by atoms with Gasteiger partial charge < -0.3 is 10.6 Å². The van der Waals surface area contributed by atoms with E-state index in [-0.39, 0.29) is 0 Å². The minimum Gasteiger partial charge on any atom is -0.346 e. The van der Waals surface area contributed by atoms with Gasteiger partial charge in [0.2, 0.25) is 5.91 Å². The Balaban J connectivity index is 2.19. The molecule has 1 unspecified atom stereocenters. The van der Waals surface area contributed by atoms with E-state index < -0.39 is 24.7 Å². The minimum atomic E-state index is -4.39. The predicted molar refractivity (Wildman–Crippen MR) is 56.6 cm³/mol. The molecule has 1 aromatic heterocycles. The van der Waals surface area contributed by atoms with Crippen LogP contribution in [0.3, 0.4) is 0 Å². The molecular weight excluding hydrogens is 251 g/mol. The third kappa shape index (κ3) is 5.62. The summed E-state index contributed by atoms with van der Waals surface area (Å²) in [5.74, 6) is -0.689. The molecule has 18 heavy (non-hydrogen) atoms.